The molecule has 0 N–H and O–H groups in total. The van der Waals surface area contributed by atoms with Crippen LogP contribution in [0.1, 0.15) is 25.7 Å². The maximum Gasteiger partial charge on any atom is 0.329 e. The second-order valence-electron chi connectivity index (χ2n) is 3.50. The summed E-state index contributed by atoms with van der Waals surface area (Å²) >= 11 is 5.69. The summed E-state index contributed by atoms with van der Waals surface area (Å²) in [6.45, 7) is 3.86. The minimum atomic E-state index is -0.418. The highest BCUT2D eigenvalue weighted by atomic mass is 35.5. The predicted molar refractivity (Wildman–Crippen MR) is 55.5 cm³/mol. The molecule has 5 nitrogen and oxygen atoms in total. The third-order valence-corrected chi connectivity index (χ3v) is 2.38. The van der Waals surface area contributed by atoms with Gasteiger partial charge < -0.3 is 9.30 Å². The molecule has 0 radical (unpaired) electrons. The first-order valence-corrected chi connectivity index (χ1v) is 5.17. The van der Waals surface area contributed by atoms with Crippen molar-refractivity contribution in [1.82, 2.24) is 14.8 Å². The molecular weight excluding hydrogens is 218 g/mol. The second-order valence-corrected chi connectivity index (χ2v) is 3.77. The first-order valence-electron chi connectivity index (χ1n) is 4.64. The number of nitrogens with zero attached hydrogens (tertiary/aromatic N) is 3. The molecule has 0 aliphatic heterocycles. The average molecular weight is 232 g/mol. The van der Waals surface area contributed by atoms with Crippen molar-refractivity contribution in [1.29, 1.82) is 0 Å². The molecular formula is C9H14ClN3O2. The first kappa shape index (κ1) is 12.0. The van der Waals surface area contributed by atoms with E-state index >= 15 is 0 Å². The highest BCUT2D eigenvalue weighted by molar-refractivity contribution is 6.16. The van der Waals surface area contributed by atoms with Gasteiger partial charge in [-0.15, -0.1) is 21.8 Å². The highest BCUT2D eigenvalue weighted by Gasteiger charge is 2.26. The van der Waals surface area contributed by atoms with E-state index in [2.05, 4.69) is 10.2 Å². The van der Waals surface area contributed by atoms with Gasteiger partial charge in [0.2, 0.25) is 0 Å². The summed E-state index contributed by atoms with van der Waals surface area (Å²) in [6, 6.07) is -0.418. The fraction of sp³-hybridized carbons (Fsp3) is 0.667. The standard InChI is InChI=1S/C9H14ClN3O2/c1-6(2)8(9(14)15-3)13-5-11-12-7(13)4-10/h5-6,8H,4H2,1-3H3. The van der Waals surface area contributed by atoms with Gasteiger partial charge in [0, 0.05) is 0 Å². The van der Waals surface area contributed by atoms with Crippen LogP contribution >= 0.6 is 11.6 Å². The maximum absolute atomic E-state index is 11.6. The van der Waals surface area contributed by atoms with Crippen LogP contribution in [0.4, 0.5) is 0 Å². The van der Waals surface area contributed by atoms with Crippen molar-refractivity contribution in [3.8, 4) is 0 Å². The van der Waals surface area contributed by atoms with Crippen molar-refractivity contribution in [2.45, 2.75) is 25.8 Å². The van der Waals surface area contributed by atoms with Crippen LogP contribution in [0.25, 0.3) is 0 Å². The summed E-state index contributed by atoms with van der Waals surface area (Å²) < 4.78 is 6.39. The molecule has 0 fully saturated rings. The Morgan fingerprint density at radius 1 is 1.67 bits per heavy atom. The lowest BCUT2D eigenvalue weighted by Gasteiger charge is -2.20. The molecule has 0 bridgehead atoms. The first-order chi connectivity index (χ1) is 7.11. The SMILES string of the molecule is COC(=O)C(C(C)C)n1cnnc1CCl. The molecule has 1 unspecified atom stereocenters. The van der Waals surface area contributed by atoms with E-state index in [1.165, 1.54) is 13.4 Å². The topological polar surface area (TPSA) is 57.0 Å². The second kappa shape index (κ2) is 5.11. The van der Waals surface area contributed by atoms with Gasteiger partial charge >= 0.3 is 5.97 Å². The van der Waals surface area contributed by atoms with E-state index < -0.39 is 6.04 Å². The Labute approximate surface area is 93.4 Å². The Kier molecular flexibility index (Phi) is 4.08. The smallest absolute Gasteiger partial charge is 0.329 e. The molecule has 0 aromatic carbocycles. The number of hydrogen-bond donors (Lipinski definition) is 0. The molecule has 1 rings (SSSR count). The van der Waals surface area contributed by atoms with E-state index in [0.29, 0.717) is 5.82 Å². The zero-order valence-corrected chi connectivity index (χ0v) is 9.73. The lowest BCUT2D eigenvalue weighted by atomic mass is 10.0. The third kappa shape index (κ3) is 2.47. The van der Waals surface area contributed by atoms with Crippen LogP contribution in [0.5, 0.6) is 0 Å². The van der Waals surface area contributed by atoms with Gasteiger partial charge in [0.25, 0.3) is 0 Å². The van der Waals surface area contributed by atoms with Gasteiger partial charge in [0.15, 0.2) is 0 Å². The van der Waals surface area contributed by atoms with Gasteiger partial charge in [0.05, 0.1) is 13.0 Å². The number of ether oxygens (including phenoxy) is 1. The van der Waals surface area contributed by atoms with Gasteiger partial charge in [-0.25, -0.2) is 4.79 Å². The summed E-state index contributed by atoms with van der Waals surface area (Å²) in [4.78, 5) is 11.6. The minimum Gasteiger partial charge on any atom is -0.467 e. The van der Waals surface area contributed by atoms with Crippen molar-refractivity contribution in [2.24, 2.45) is 5.92 Å². The number of aromatic nitrogens is 3. The zero-order chi connectivity index (χ0) is 11.4. The van der Waals surface area contributed by atoms with E-state index in [4.69, 9.17) is 16.3 Å². The van der Waals surface area contributed by atoms with Crippen LogP contribution in [0.3, 0.4) is 0 Å². The normalized spacial score (nSPS) is 12.9. The van der Waals surface area contributed by atoms with E-state index in [0.717, 1.165) is 0 Å². The number of carbonyl (C=O) groups excluding carboxylic acids is 1. The van der Waals surface area contributed by atoms with Crippen molar-refractivity contribution in [3.63, 3.8) is 0 Å². The summed E-state index contributed by atoms with van der Waals surface area (Å²) in [5, 5.41) is 7.56. The molecule has 84 valence electrons. The third-order valence-electron chi connectivity index (χ3n) is 2.14. The number of methoxy groups -OCH3 is 1. The summed E-state index contributed by atoms with van der Waals surface area (Å²) in [6.07, 6.45) is 1.50. The number of rotatable bonds is 4. The Bertz CT molecular complexity index is 338. The number of carbonyl (C=O) groups is 1. The molecule has 0 aliphatic carbocycles. The molecule has 1 atom stereocenters. The van der Waals surface area contributed by atoms with Crippen LogP contribution in [0.15, 0.2) is 6.33 Å². The molecule has 0 spiro atoms. The largest absolute Gasteiger partial charge is 0.467 e. The van der Waals surface area contributed by atoms with Crippen LogP contribution in [-0.2, 0) is 15.4 Å². The molecule has 0 saturated heterocycles. The molecule has 15 heavy (non-hydrogen) atoms. The zero-order valence-electron chi connectivity index (χ0n) is 8.98. The van der Waals surface area contributed by atoms with Crippen LogP contribution < -0.4 is 0 Å². The Morgan fingerprint density at radius 2 is 2.33 bits per heavy atom. The van der Waals surface area contributed by atoms with E-state index in [1.807, 2.05) is 13.8 Å². The molecule has 1 heterocycles. The summed E-state index contributed by atoms with van der Waals surface area (Å²) in [5.74, 6) is 0.576. The molecule has 0 saturated carbocycles. The fourth-order valence-corrected chi connectivity index (χ4v) is 1.61. The van der Waals surface area contributed by atoms with Gasteiger partial charge in [-0.3, -0.25) is 0 Å². The van der Waals surface area contributed by atoms with E-state index in [9.17, 15) is 4.79 Å². The lowest BCUT2D eigenvalue weighted by molar-refractivity contribution is -0.146. The van der Waals surface area contributed by atoms with Gasteiger partial charge in [-0.2, -0.15) is 0 Å². The van der Waals surface area contributed by atoms with Crippen LogP contribution in [-0.4, -0.2) is 27.8 Å². The Balaban J connectivity index is 3.04. The highest BCUT2D eigenvalue weighted by Crippen LogP contribution is 2.20. The number of halogens is 1. The van der Waals surface area contributed by atoms with Crippen molar-refractivity contribution >= 4 is 17.6 Å². The maximum atomic E-state index is 11.6. The van der Waals surface area contributed by atoms with Crippen molar-refractivity contribution < 1.29 is 9.53 Å². The van der Waals surface area contributed by atoms with Gasteiger partial charge in [0.1, 0.15) is 18.2 Å². The number of esters is 1. The molecule has 6 heteroatoms. The number of hydrogen-bond acceptors (Lipinski definition) is 4. The molecule has 1 aromatic rings. The van der Waals surface area contributed by atoms with E-state index in [-0.39, 0.29) is 17.8 Å². The Hall–Kier alpha value is -1.10. The van der Waals surface area contributed by atoms with Crippen molar-refractivity contribution in [2.75, 3.05) is 7.11 Å². The molecule has 0 amide bonds. The minimum absolute atomic E-state index is 0.0930. The van der Waals surface area contributed by atoms with E-state index in [1.54, 1.807) is 4.57 Å². The van der Waals surface area contributed by atoms with Gasteiger partial charge in [-0.05, 0) is 5.92 Å². The predicted octanol–water partition coefficient (Wildman–Crippen LogP) is 1.39. The van der Waals surface area contributed by atoms with Crippen LogP contribution in [0.2, 0.25) is 0 Å². The van der Waals surface area contributed by atoms with Crippen LogP contribution in [0, 0.1) is 5.92 Å². The average Bonchev–Trinajstić information content (AvgIpc) is 2.65. The van der Waals surface area contributed by atoms with Gasteiger partial charge in [-0.1, -0.05) is 13.8 Å². The molecule has 0 aliphatic rings. The quantitative estimate of drug-likeness (QED) is 0.581. The molecule has 1 aromatic heterocycles. The number of alkyl halides is 1. The summed E-state index contributed by atoms with van der Waals surface area (Å²) in [7, 11) is 1.36. The van der Waals surface area contributed by atoms with Crippen molar-refractivity contribution in [3.05, 3.63) is 12.2 Å². The summed E-state index contributed by atoms with van der Waals surface area (Å²) in [5.41, 5.74) is 0. The monoisotopic (exact) mass is 231 g/mol. The fourth-order valence-electron chi connectivity index (χ4n) is 1.42. The lowest BCUT2D eigenvalue weighted by Crippen LogP contribution is -2.26. The Morgan fingerprint density at radius 3 is 2.80 bits per heavy atom.